The van der Waals surface area contributed by atoms with E-state index in [1.54, 1.807) is 23.9 Å². The van der Waals surface area contributed by atoms with Crippen LogP contribution in [0.15, 0.2) is 84.9 Å². The lowest BCUT2D eigenvalue weighted by molar-refractivity contribution is -0.143. The Morgan fingerprint density at radius 1 is 0.693 bits per heavy atom. The van der Waals surface area contributed by atoms with Gasteiger partial charge < -0.3 is 66.0 Å². The van der Waals surface area contributed by atoms with Gasteiger partial charge in [-0.05, 0) is 63.1 Å². The van der Waals surface area contributed by atoms with Crippen molar-refractivity contribution in [2.45, 2.75) is 76.0 Å². The average Bonchev–Trinajstić information content (AvgIpc) is 3.38. The molecule has 4 aromatic carbocycles. The second kappa shape index (κ2) is 22.9. The van der Waals surface area contributed by atoms with E-state index in [-0.39, 0.29) is 83.6 Å². The second-order valence-electron chi connectivity index (χ2n) is 20.0. The molecule has 4 aliphatic heterocycles. The van der Waals surface area contributed by atoms with Gasteiger partial charge in [-0.1, -0.05) is 81.4 Å². The number of benzene rings is 4. The minimum atomic E-state index is -1.48. The minimum Gasteiger partial charge on any atom is -0.482 e. The number of carbonyl (C=O) groups is 7. The summed E-state index contributed by atoms with van der Waals surface area (Å²) >= 11 is 0. The van der Waals surface area contributed by atoms with E-state index in [1.165, 1.54) is 0 Å². The fourth-order valence-electron chi connectivity index (χ4n) is 9.72. The third-order valence-corrected chi connectivity index (χ3v) is 14.1. The van der Waals surface area contributed by atoms with E-state index in [0.717, 1.165) is 33.4 Å². The van der Waals surface area contributed by atoms with E-state index in [0.29, 0.717) is 22.9 Å². The molecule has 4 aromatic rings. The largest absolute Gasteiger partial charge is 0.482 e. The van der Waals surface area contributed by atoms with E-state index >= 15 is 0 Å². The zero-order chi connectivity index (χ0) is 54.2. The summed E-state index contributed by atoms with van der Waals surface area (Å²) in [7, 11) is 3.42. The smallest absolute Gasteiger partial charge is 0.405 e. The van der Waals surface area contributed by atoms with Crippen molar-refractivity contribution in [3.63, 3.8) is 0 Å². The first-order chi connectivity index (χ1) is 35.6. The van der Waals surface area contributed by atoms with Gasteiger partial charge in [0, 0.05) is 71.9 Å². The number of fused-ring (bicyclic) bond motifs is 2. The Labute approximate surface area is 433 Å². The predicted octanol–water partition coefficient (Wildman–Crippen LogP) is 4.39. The van der Waals surface area contributed by atoms with Gasteiger partial charge in [0.15, 0.2) is 13.2 Å². The molecule has 2 saturated heterocycles. The summed E-state index contributed by atoms with van der Waals surface area (Å²) < 4.78 is 21.8. The maximum absolute atomic E-state index is 13.7. The van der Waals surface area contributed by atoms with Crippen molar-refractivity contribution in [2.24, 2.45) is 17.1 Å². The van der Waals surface area contributed by atoms with E-state index in [9.17, 15) is 49.0 Å². The molecular formula is C54H62N8O13. The van der Waals surface area contributed by atoms with E-state index < -0.39 is 64.4 Å². The van der Waals surface area contributed by atoms with Crippen molar-refractivity contribution in [2.75, 3.05) is 63.5 Å². The molecule has 4 aliphatic rings. The van der Waals surface area contributed by atoms with Crippen molar-refractivity contribution in [3.05, 3.63) is 96.1 Å². The highest BCUT2D eigenvalue weighted by atomic mass is 16.5. The minimum absolute atomic E-state index is 0.00718. The van der Waals surface area contributed by atoms with Crippen molar-refractivity contribution in [1.29, 1.82) is 5.26 Å². The first kappa shape index (κ1) is 54.6. The second-order valence-corrected chi connectivity index (χ2v) is 20.0. The van der Waals surface area contributed by atoms with Gasteiger partial charge in [0.2, 0.25) is 17.7 Å². The summed E-state index contributed by atoms with van der Waals surface area (Å²) in [5.74, 6) is -1.30. The number of carbonyl (C=O) groups excluding carboxylic acids is 5. The number of nitriles is 1. The summed E-state index contributed by atoms with van der Waals surface area (Å²) in [4.78, 5) is 89.2. The van der Waals surface area contributed by atoms with Crippen LogP contribution in [0.25, 0.3) is 22.3 Å². The summed E-state index contributed by atoms with van der Waals surface area (Å²) in [6.45, 7) is 6.67. The lowest BCUT2D eigenvalue weighted by Gasteiger charge is -2.48. The molecule has 21 heteroatoms. The number of ether oxygens (including phenoxy) is 4. The Kier molecular flexibility index (Phi) is 16.7. The van der Waals surface area contributed by atoms with E-state index in [1.807, 2.05) is 106 Å². The molecule has 396 valence electrons. The zero-order valence-corrected chi connectivity index (χ0v) is 42.4. The highest BCUT2D eigenvalue weighted by Gasteiger charge is 2.54. The van der Waals surface area contributed by atoms with Gasteiger partial charge in [0.25, 0.3) is 11.8 Å². The molecule has 4 heterocycles. The number of primary amides is 1. The summed E-state index contributed by atoms with van der Waals surface area (Å²) in [5, 5.41) is 38.6. The molecule has 8 rings (SSSR count). The third-order valence-electron chi connectivity index (χ3n) is 14.1. The Hall–Kier alpha value is -8.22. The molecule has 0 radical (unpaired) electrons. The van der Waals surface area contributed by atoms with E-state index in [2.05, 4.69) is 27.3 Å². The summed E-state index contributed by atoms with van der Waals surface area (Å²) in [6.07, 6.45) is -1.72. The molecule has 0 saturated carbocycles. The number of nitrogens with zero attached hydrogens (tertiary/aromatic N) is 3. The highest BCUT2D eigenvalue weighted by Crippen LogP contribution is 2.41. The number of rotatable bonds is 13. The van der Waals surface area contributed by atoms with Gasteiger partial charge >= 0.3 is 12.2 Å². The van der Waals surface area contributed by atoms with Crippen molar-refractivity contribution >= 4 is 53.1 Å². The topological polar surface area (TPSA) is 301 Å². The number of nitrogens with one attached hydrogen (secondary N) is 4. The number of carboxylic acid groups (broad SMARTS) is 2. The molecule has 0 aliphatic carbocycles. The molecule has 0 aromatic heterocycles. The van der Waals surface area contributed by atoms with Gasteiger partial charge in [-0.25, -0.2) is 9.59 Å². The molecule has 7 amide bonds. The van der Waals surface area contributed by atoms with Crippen LogP contribution in [-0.4, -0.2) is 129 Å². The average molecular weight is 1030 g/mol. The van der Waals surface area contributed by atoms with Gasteiger partial charge in [0.05, 0.1) is 24.1 Å². The van der Waals surface area contributed by atoms with Gasteiger partial charge in [-0.2, -0.15) is 5.26 Å². The van der Waals surface area contributed by atoms with E-state index in [4.69, 9.17) is 24.7 Å². The van der Waals surface area contributed by atoms with Gasteiger partial charge in [0.1, 0.15) is 34.7 Å². The van der Waals surface area contributed by atoms with Crippen LogP contribution in [0.2, 0.25) is 0 Å². The molecule has 4 atom stereocenters. The Morgan fingerprint density at radius 2 is 1.17 bits per heavy atom. The third kappa shape index (κ3) is 12.6. The fraction of sp³-hybridized carbons (Fsp3) is 0.407. The molecule has 8 N–H and O–H groups in total. The Balaban J connectivity index is 0.000000221. The van der Waals surface area contributed by atoms with Crippen LogP contribution in [0.5, 0.6) is 11.5 Å². The first-order valence-corrected chi connectivity index (χ1v) is 24.4. The molecule has 21 nitrogen and oxygen atoms in total. The predicted molar refractivity (Wildman–Crippen MR) is 274 cm³/mol. The van der Waals surface area contributed by atoms with Crippen LogP contribution >= 0.6 is 0 Å². The van der Waals surface area contributed by atoms with Crippen molar-refractivity contribution in [1.82, 2.24) is 21.3 Å². The van der Waals surface area contributed by atoms with Gasteiger partial charge in [-0.3, -0.25) is 24.0 Å². The molecule has 2 fully saturated rings. The van der Waals surface area contributed by atoms with Crippen molar-refractivity contribution < 1.29 is 62.7 Å². The van der Waals surface area contributed by atoms with Gasteiger partial charge in [-0.15, -0.1) is 0 Å². The zero-order valence-electron chi connectivity index (χ0n) is 42.4. The molecule has 75 heavy (non-hydrogen) atoms. The van der Waals surface area contributed by atoms with Crippen LogP contribution in [0.1, 0.15) is 51.2 Å². The number of nitrogens with two attached hydrogens (primary N) is 1. The lowest BCUT2D eigenvalue weighted by Crippen LogP contribution is -2.69. The van der Waals surface area contributed by atoms with Crippen LogP contribution in [0.4, 0.5) is 21.0 Å². The SMILES string of the molecule is CN1C(=O)COc2ccc(-c3ccc(CC(C#N)NC(=O)C4(NC(=O)O)CCOCC4)cc3)cc21.CN1C(=O)COc2ccc(-c3ccc(CC(NC(=O)C4(NC(=O)O)CCOCC4C(C)(C)C)C(N)=O)cc3)cc21. The Morgan fingerprint density at radius 3 is 1.64 bits per heavy atom. The monoisotopic (exact) mass is 1030 g/mol. The van der Waals surface area contributed by atoms with Crippen LogP contribution in [0, 0.1) is 22.7 Å². The lowest BCUT2D eigenvalue weighted by atomic mass is 9.66. The number of amides is 7. The number of hydrogen-bond acceptors (Lipinski definition) is 12. The molecule has 0 spiro atoms. The Bertz CT molecular complexity index is 2860. The number of hydrogen-bond donors (Lipinski definition) is 7. The highest BCUT2D eigenvalue weighted by molar-refractivity contribution is 5.99. The first-order valence-electron chi connectivity index (χ1n) is 24.4. The van der Waals surface area contributed by atoms with Crippen LogP contribution in [-0.2, 0) is 46.3 Å². The quantitative estimate of drug-likeness (QED) is 0.0978. The standard InChI is InChI=1S/C29H36N4O7.C25H26N4O6/c1-28(2,3)23-15-39-12-11-29(23,32-27(37)38)26(36)31-20(25(30)35)13-17-5-7-18(8-6-17)19-9-10-22-21(14-19)33(4)24(34)16-40-22;1-29-20-13-18(6-7-21(20)35-15-22(29)30)17-4-2-16(3-5-17)12-19(14-26)27-23(31)25(28-24(32)33)8-10-34-11-9-25/h5-10,14,20,23,32H,11-13,15-16H2,1-4H3,(H2,30,35)(H,31,36)(H,37,38);2-7,13,19,28H,8-12,15H2,1H3,(H,27,31)(H,32,33). The fourth-order valence-corrected chi connectivity index (χ4v) is 9.72. The van der Waals surface area contributed by atoms with Crippen LogP contribution < -0.4 is 46.3 Å². The molecule has 0 bridgehead atoms. The number of anilines is 2. The maximum atomic E-state index is 13.7. The number of likely N-dealkylation sites (N-methyl/N-ethyl adjacent to an activating group) is 2. The normalized spacial score (nSPS) is 19.6. The summed E-state index contributed by atoms with van der Waals surface area (Å²) in [6, 6.07) is 26.4. The van der Waals surface area contributed by atoms with Crippen molar-refractivity contribution in [3.8, 4) is 39.8 Å². The molecular weight excluding hydrogens is 969 g/mol. The maximum Gasteiger partial charge on any atom is 0.405 e. The molecule has 4 unspecified atom stereocenters. The van der Waals surface area contributed by atoms with Crippen LogP contribution in [0.3, 0.4) is 0 Å². The summed E-state index contributed by atoms with van der Waals surface area (Å²) in [5.41, 5.74) is 8.98.